The lowest BCUT2D eigenvalue weighted by atomic mass is 9.87. The van der Waals surface area contributed by atoms with Gasteiger partial charge in [-0.2, -0.15) is 0 Å². The van der Waals surface area contributed by atoms with E-state index in [9.17, 15) is 9.59 Å². The molecule has 0 radical (unpaired) electrons. The molecule has 0 aromatic heterocycles. The smallest absolute Gasteiger partial charge is 0.255 e. The van der Waals surface area contributed by atoms with Crippen LogP contribution in [0.15, 0.2) is 48.5 Å². The first-order chi connectivity index (χ1) is 11.8. The molecule has 0 unspecified atom stereocenters. The molecule has 0 bridgehead atoms. The van der Waals surface area contributed by atoms with Crippen LogP contribution in [0.3, 0.4) is 0 Å². The van der Waals surface area contributed by atoms with Crippen molar-refractivity contribution in [1.82, 2.24) is 5.32 Å². The van der Waals surface area contributed by atoms with Gasteiger partial charge in [0, 0.05) is 5.56 Å². The summed E-state index contributed by atoms with van der Waals surface area (Å²) in [5.74, 6) is -0.380. The third-order valence-corrected chi connectivity index (χ3v) is 3.80. The minimum atomic E-state index is -0.212. The Kier molecular flexibility index (Phi) is 7.80. The molecule has 0 aliphatic carbocycles. The molecule has 2 aromatic rings. The molecular formula is C20H26ClN3O2. The number of halogens is 1. The Labute approximate surface area is 161 Å². The van der Waals surface area contributed by atoms with Crippen LogP contribution in [-0.2, 0) is 10.2 Å². The Bertz CT molecular complexity index is 752. The van der Waals surface area contributed by atoms with E-state index in [-0.39, 0.29) is 36.2 Å². The van der Waals surface area contributed by atoms with Crippen LogP contribution in [0.2, 0.25) is 0 Å². The molecule has 0 saturated heterocycles. The first-order valence-corrected chi connectivity index (χ1v) is 8.26. The maximum Gasteiger partial charge on any atom is 0.255 e. The van der Waals surface area contributed by atoms with Crippen molar-refractivity contribution in [2.45, 2.75) is 26.2 Å². The summed E-state index contributed by atoms with van der Waals surface area (Å²) in [5, 5.41) is 8.43. The largest absolute Gasteiger partial charge is 0.323 e. The summed E-state index contributed by atoms with van der Waals surface area (Å²) in [6.07, 6.45) is 0. The fourth-order valence-corrected chi connectivity index (χ4v) is 2.37. The Balaban J connectivity index is 0.00000338. The average Bonchev–Trinajstić information content (AvgIpc) is 2.56. The van der Waals surface area contributed by atoms with E-state index in [2.05, 4.69) is 36.7 Å². The highest BCUT2D eigenvalue weighted by molar-refractivity contribution is 6.07. The second kappa shape index (κ2) is 9.36. The predicted molar refractivity (Wildman–Crippen MR) is 109 cm³/mol. The Hall–Kier alpha value is -2.37. The topological polar surface area (TPSA) is 70.2 Å². The normalized spacial score (nSPS) is 10.6. The van der Waals surface area contributed by atoms with Crippen LogP contribution in [0, 0.1) is 0 Å². The second-order valence-electron chi connectivity index (χ2n) is 6.91. The monoisotopic (exact) mass is 375 g/mol. The molecule has 26 heavy (non-hydrogen) atoms. The SMILES string of the molecule is CNCC(=O)Nc1ccccc1NC(=O)c1ccc(C(C)(C)C)cc1.Cl. The van der Waals surface area contributed by atoms with Crippen molar-refractivity contribution in [2.75, 3.05) is 24.2 Å². The van der Waals surface area contributed by atoms with Crippen LogP contribution in [0.25, 0.3) is 0 Å². The Morgan fingerprint density at radius 1 is 0.885 bits per heavy atom. The first-order valence-electron chi connectivity index (χ1n) is 8.26. The van der Waals surface area contributed by atoms with Gasteiger partial charge in [-0.05, 0) is 42.3 Å². The van der Waals surface area contributed by atoms with Crippen LogP contribution >= 0.6 is 12.4 Å². The molecule has 2 amide bonds. The molecule has 0 aliphatic rings. The molecule has 5 nitrogen and oxygen atoms in total. The van der Waals surface area contributed by atoms with Gasteiger partial charge in [-0.1, -0.05) is 45.0 Å². The summed E-state index contributed by atoms with van der Waals surface area (Å²) in [4.78, 5) is 24.3. The van der Waals surface area contributed by atoms with Gasteiger partial charge >= 0.3 is 0 Å². The van der Waals surface area contributed by atoms with E-state index in [1.165, 1.54) is 5.56 Å². The van der Waals surface area contributed by atoms with Crippen LogP contribution in [-0.4, -0.2) is 25.4 Å². The summed E-state index contributed by atoms with van der Waals surface area (Å²) in [5.41, 5.74) is 2.92. The number of para-hydroxylation sites is 2. The van der Waals surface area contributed by atoms with E-state index < -0.39 is 0 Å². The van der Waals surface area contributed by atoms with Crippen molar-refractivity contribution in [3.63, 3.8) is 0 Å². The van der Waals surface area contributed by atoms with E-state index in [1.54, 1.807) is 19.2 Å². The zero-order valence-electron chi connectivity index (χ0n) is 15.6. The number of nitrogens with one attached hydrogen (secondary N) is 3. The summed E-state index contributed by atoms with van der Waals surface area (Å²) >= 11 is 0. The zero-order chi connectivity index (χ0) is 18.4. The third kappa shape index (κ3) is 5.86. The van der Waals surface area contributed by atoms with Gasteiger partial charge in [-0.3, -0.25) is 9.59 Å². The van der Waals surface area contributed by atoms with Crippen LogP contribution in [0.4, 0.5) is 11.4 Å². The minimum absolute atomic E-state index is 0. The summed E-state index contributed by atoms with van der Waals surface area (Å²) in [6, 6.07) is 14.7. The van der Waals surface area contributed by atoms with Crippen molar-refractivity contribution < 1.29 is 9.59 Å². The van der Waals surface area contributed by atoms with Gasteiger partial charge < -0.3 is 16.0 Å². The van der Waals surface area contributed by atoms with Gasteiger partial charge in [0.15, 0.2) is 0 Å². The lowest BCUT2D eigenvalue weighted by Gasteiger charge is -2.19. The number of benzene rings is 2. The zero-order valence-corrected chi connectivity index (χ0v) is 16.4. The summed E-state index contributed by atoms with van der Waals surface area (Å²) in [7, 11) is 1.70. The van der Waals surface area contributed by atoms with E-state index >= 15 is 0 Å². The molecule has 6 heteroatoms. The van der Waals surface area contributed by atoms with E-state index in [4.69, 9.17) is 0 Å². The lowest BCUT2D eigenvalue weighted by molar-refractivity contribution is -0.115. The number of hydrogen-bond acceptors (Lipinski definition) is 3. The second-order valence-corrected chi connectivity index (χ2v) is 6.91. The molecule has 140 valence electrons. The van der Waals surface area contributed by atoms with Gasteiger partial charge in [0.05, 0.1) is 17.9 Å². The lowest BCUT2D eigenvalue weighted by Crippen LogP contribution is -2.25. The van der Waals surface area contributed by atoms with Crippen molar-refractivity contribution >= 4 is 35.6 Å². The number of carbonyl (C=O) groups is 2. The van der Waals surface area contributed by atoms with Gasteiger partial charge in [0.25, 0.3) is 5.91 Å². The molecular weight excluding hydrogens is 350 g/mol. The summed E-state index contributed by atoms with van der Waals surface area (Å²) in [6.45, 7) is 6.60. The molecule has 0 spiro atoms. The number of anilines is 2. The highest BCUT2D eigenvalue weighted by atomic mass is 35.5. The fourth-order valence-electron chi connectivity index (χ4n) is 2.37. The number of carbonyl (C=O) groups excluding carboxylic acids is 2. The van der Waals surface area contributed by atoms with Gasteiger partial charge in [0.2, 0.25) is 5.91 Å². The molecule has 0 saturated carbocycles. The van der Waals surface area contributed by atoms with E-state index in [0.717, 1.165) is 0 Å². The van der Waals surface area contributed by atoms with E-state index in [0.29, 0.717) is 16.9 Å². The van der Waals surface area contributed by atoms with Crippen LogP contribution < -0.4 is 16.0 Å². The van der Waals surface area contributed by atoms with Crippen molar-refractivity contribution in [1.29, 1.82) is 0 Å². The molecule has 0 heterocycles. The maximum absolute atomic E-state index is 12.5. The van der Waals surface area contributed by atoms with Crippen LogP contribution in [0.1, 0.15) is 36.7 Å². The maximum atomic E-state index is 12.5. The molecule has 3 N–H and O–H groups in total. The van der Waals surface area contributed by atoms with Crippen molar-refractivity contribution in [3.8, 4) is 0 Å². The predicted octanol–water partition coefficient (Wildman–Crippen LogP) is 3.82. The first kappa shape index (κ1) is 21.7. The van der Waals surface area contributed by atoms with Gasteiger partial charge in [-0.25, -0.2) is 0 Å². The van der Waals surface area contributed by atoms with Gasteiger partial charge in [-0.15, -0.1) is 12.4 Å². The number of amides is 2. The van der Waals surface area contributed by atoms with Crippen molar-refractivity contribution in [3.05, 3.63) is 59.7 Å². The van der Waals surface area contributed by atoms with Gasteiger partial charge in [0.1, 0.15) is 0 Å². The highest BCUT2D eigenvalue weighted by Crippen LogP contribution is 2.24. The number of rotatable bonds is 5. The Morgan fingerprint density at radius 2 is 1.42 bits per heavy atom. The summed E-state index contributed by atoms with van der Waals surface area (Å²) < 4.78 is 0. The minimum Gasteiger partial charge on any atom is -0.323 e. The molecule has 0 aliphatic heterocycles. The highest BCUT2D eigenvalue weighted by Gasteiger charge is 2.15. The standard InChI is InChI=1S/C20H25N3O2.ClH/c1-20(2,3)15-11-9-14(10-12-15)19(25)23-17-8-6-5-7-16(17)22-18(24)13-21-4;/h5-12,21H,13H2,1-4H3,(H,22,24)(H,23,25);1H. The van der Waals surface area contributed by atoms with E-state index in [1.807, 2.05) is 36.4 Å². The molecule has 2 aromatic carbocycles. The Morgan fingerprint density at radius 3 is 1.92 bits per heavy atom. The molecule has 0 atom stereocenters. The quantitative estimate of drug-likeness (QED) is 0.744. The average molecular weight is 376 g/mol. The molecule has 2 rings (SSSR count). The van der Waals surface area contributed by atoms with Crippen LogP contribution in [0.5, 0.6) is 0 Å². The van der Waals surface area contributed by atoms with Crippen molar-refractivity contribution in [2.24, 2.45) is 0 Å². The number of hydrogen-bond donors (Lipinski definition) is 3. The fraction of sp³-hybridized carbons (Fsp3) is 0.300. The molecule has 0 fully saturated rings. The number of likely N-dealkylation sites (N-methyl/N-ethyl adjacent to an activating group) is 1. The third-order valence-electron chi connectivity index (χ3n) is 3.80.